The van der Waals surface area contributed by atoms with Gasteiger partial charge >= 0.3 is 0 Å². The number of nitrogens with zero attached hydrogens (tertiary/aromatic N) is 1. The second-order valence-electron chi connectivity index (χ2n) is 4.92. The van der Waals surface area contributed by atoms with Crippen molar-refractivity contribution in [3.63, 3.8) is 0 Å². The van der Waals surface area contributed by atoms with Gasteiger partial charge in [0.1, 0.15) is 5.82 Å². The van der Waals surface area contributed by atoms with Crippen molar-refractivity contribution in [2.24, 2.45) is 0 Å². The maximum atomic E-state index is 4.97. The Labute approximate surface area is 125 Å². The zero-order chi connectivity index (χ0) is 14.2. The maximum Gasteiger partial charge on any atom is 0.137 e. The molecule has 0 atom stereocenters. The van der Waals surface area contributed by atoms with E-state index in [4.69, 9.17) is 12.2 Å². The Morgan fingerprint density at radius 1 is 1.20 bits per heavy atom. The van der Waals surface area contributed by atoms with Gasteiger partial charge in [-0.25, -0.2) is 4.98 Å². The van der Waals surface area contributed by atoms with E-state index in [1.807, 2.05) is 31.3 Å². The first-order valence-electron chi connectivity index (χ1n) is 7.09. The molecule has 20 heavy (non-hydrogen) atoms. The average molecular weight is 287 g/mol. The fraction of sp³-hybridized carbons (Fsp3) is 0.375. The average Bonchev–Trinajstić information content (AvgIpc) is 2.92. The topological polar surface area (TPSA) is 40.7 Å². The quantitative estimate of drug-likeness (QED) is 0.602. The van der Waals surface area contributed by atoms with Crippen LogP contribution in [0.25, 0.3) is 11.4 Å². The standard InChI is InChI=1S/C16H21N3S/c1-13(20)17-11-7-3-6-10-15-12-18-16(19-15)14-8-4-2-5-9-14/h2,4-5,8-9,12H,3,6-7,10-11H2,1H3,(H,17,20)(H,18,19). The number of aromatic nitrogens is 2. The van der Waals surface area contributed by atoms with Crippen molar-refractivity contribution in [2.45, 2.75) is 32.6 Å². The predicted molar refractivity (Wildman–Crippen MR) is 87.9 cm³/mol. The summed E-state index contributed by atoms with van der Waals surface area (Å²) in [6.45, 7) is 2.90. The molecule has 0 saturated heterocycles. The van der Waals surface area contributed by atoms with E-state index in [0.717, 1.165) is 35.8 Å². The summed E-state index contributed by atoms with van der Waals surface area (Å²) < 4.78 is 0. The van der Waals surface area contributed by atoms with Crippen LogP contribution < -0.4 is 5.32 Å². The van der Waals surface area contributed by atoms with E-state index in [0.29, 0.717) is 0 Å². The number of rotatable bonds is 7. The Bertz CT molecular complexity index is 534. The first kappa shape index (κ1) is 14.7. The molecule has 0 spiro atoms. The van der Waals surface area contributed by atoms with Gasteiger partial charge in [-0.2, -0.15) is 0 Å². The van der Waals surface area contributed by atoms with Crippen molar-refractivity contribution in [2.75, 3.05) is 6.54 Å². The van der Waals surface area contributed by atoms with Crippen LogP contribution in [0.1, 0.15) is 31.9 Å². The number of hydrogen-bond donors (Lipinski definition) is 2. The van der Waals surface area contributed by atoms with E-state index in [1.165, 1.54) is 18.5 Å². The molecule has 0 amide bonds. The lowest BCUT2D eigenvalue weighted by Gasteiger charge is -2.03. The van der Waals surface area contributed by atoms with Crippen molar-refractivity contribution in [3.05, 3.63) is 42.2 Å². The van der Waals surface area contributed by atoms with E-state index < -0.39 is 0 Å². The Hall–Kier alpha value is -1.68. The lowest BCUT2D eigenvalue weighted by Crippen LogP contribution is -2.19. The Kier molecular flexibility index (Phi) is 5.74. The van der Waals surface area contributed by atoms with E-state index in [9.17, 15) is 0 Å². The number of imidazole rings is 1. The fourth-order valence-corrected chi connectivity index (χ4v) is 2.21. The molecule has 0 bridgehead atoms. The molecule has 2 aromatic rings. The predicted octanol–water partition coefficient (Wildman–Crippen LogP) is 3.73. The van der Waals surface area contributed by atoms with Crippen molar-refractivity contribution >= 4 is 17.2 Å². The Balaban J connectivity index is 1.72. The highest BCUT2D eigenvalue weighted by Crippen LogP contribution is 2.15. The first-order chi connectivity index (χ1) is 9.75. The van der Waals surface area contributed by atoms with Gasteiger partial charge < -0.3 is 10.3 Å². The number of aryl methyl sites for hydroxylation is 1. The third-order valence-electron chi connectivity index (χ3n) is 3.17. The van der Waals surface area contributed by atoms with Crippen LogP contribution in [0.4, 0.5) is 0 Å². The van der Waals surface area contributed by atoms with Gasteiger partial charge in [0.15, 0.2) is 0 Å². The number of hydrogen-bond acceptors (Lipinski definition) is 2. The van der Waals surface area contributed by atoms with Gasteiger partial charge in [-0.1, -0.05) is 49.0 Å². The summed E-state index contributed by atoms with van der Waals surface area (Å²) in [6, 6.07) is 10.2. The van der Waals surface area contributed by atoms with Crippen LogP contribution in [0.3, 0.4) is 0 Å². The van der Waals surface area contributed by atoms with E-state index in [2.05, 4.69) is 27.4 Å². The summed E-state index contributed by atoms with van der Waals surface area (Å²) in [5.74, 6) is 0.957. The van der Waals surface area contributed by atoms with Crippen LogP contribution in [-0.2, 0) is 6.42 Å². The second kappa shape index (κ2) is 7.80. The molecule has 106 valence electrons. The van der Waals surface area contributed by atoms with Gasteiger partial charge in [-0.15, -0.1) is 0 Å². The summed E-state index contributed by atoms with van der Waals surface area (Å²) in [6.07, 6.45) is 6.54. The highest BCUT2D eigenvalue weighted by atomic mass is 32.1. The zero-order valence-corrected chi connectivity index (χ0v) is 12.7. The van der Waals surface area contributed by atoms with Crippen LogP contribution in [0.2, 0.25) is 0 Å². The summed E-state index contributed by atoms with van der Waals surface area (Å²) in [5, 5.41) is 3.18. The molecule has 1 aromatic heterocycles. The molecule has 0 aliphatic rings. The molecule has 2 rings (SSSR count). The summed E-state index contributed by atoms with van der Waals surface area (Å²) >= 11 is 4.97. The molecule has 2 N–H and O–H groups in total. The number of aromatic amines is 1. The van der Waals surface area contributed by atoms with Gasteiger partial charge in [-0.3, -0.25) is 0 Å². The minimum Gasteiger partial charge on any atom is -0.380 e. The molecule has 0 aliphatic carbocycles. The van der Waals surface area contributed by atoms with Crippen LogP contribution in [0.5, 0.6) is 0 Å². The highest BCUT2D eigenvalue weighted by Gasteiger charge is 2.02. The molecule has 0 fully saturated rings. The number of H-pyrrole nitrogens is 1. The van der Waals surface area contributed by atoms with Crippen LogP contribution >= 0.6 is 12.2 Å². The van der Waals surface area contributed by atoms with Gasteiger partial charge in [0.05, 0.1) is 4.99 Å². The number of benzene rings is 1. The monoisotopic (exact) mass is 287 g/mol. The first-order valence-corrected chi connectivity index (χ1v) is 7.50. The number of thiocarbonyl (C=S) groups is 1. The van der Waals surface area contributed by atoms with Crippen LogP contribution in [0.15, 0.2) is 36.5 Å². The minimum absolute atomic E-state index is 0.881. The summed E-state index contributed by atoms with van der Waals surface area (Å²) in [4.78, 5) is 8.71. The van der Waals surface area contributed by atoms with Gasteiger partial charge in [0, 0.05) is 24.0 Å². The lowest BCUT2D eigenvalue weighted by atomic mass is 10.1. The largest absolute Gasteiger partial charge is 0.380 e. The Morgan fingerprint density at radius 2 is 2.00 bits per heavy atom. The normalized spacial score (nSPS) is 10.4. The SMILES string of the molecule is CC(=S)NCCCCCc1cnc(-c2ccccc2)[nH]1. The summed E-state index contributed by atoms with van der Waals surface area (Å²) in [5.41, 5.74) is 2.35. The zero-order valence-electron chi connectivity index (χ0n) is 11.9. The second-order valence-corrected chi connectivity index (χ2v) is 5.53. The van der Waals surface area contributed by atoms with Gasteiger partial charge in [0.25, 0.3) is 0 Å². The fourth-order valence-electron chi connectivity index (χ4n) is 2.11. The smallest absolute Gasteiger partial charge is 0.137 e. The Morgan fingerprint density at radius 3 is 2.75 bits per heavy atom. The molecule has 3 nitrogen and oxygen atoms in total. The maximum absolute atomic E-state index is 4.97. The summed E-state index contributed by atoms with van der Waals surface area (Å²) in [7, 11) is 0. The molecular formula is C16H21N3S. The van der Waals surface area contributed by atoms with Crippen LogP contribution in [-0.4, -0.2) is 21.5 Å². The molecule has 0 aliphatic heterocycles. The molecule has 0 saturated carbocycles. The third kappa shape index (κ3) is 4.78. The third-order valence-corrected chi connectivity index (χ3v) is 3.32. The van der Waals surface area contributed by atoms with Gasteiger partial charge in [0.2, 0.25) is 0 Å². The van der Waals surface area contributed by atoms with E-state index in [-0.39, 0.29) is 0 Å². The molecular weight excluding hydrogens is 266 g/mol. The molecule has 4 heteroatoms. The van der Waals surface area contributed by atoms with Crippen molar-refractivity contribution < 1.29 is 0 Å². The van der Waals surface area contributed by atoms with Crippen molar-refractivity contribution in [1.82, 2.24) is 15.3 Å². The minimum atomic E-state index is 0.881. The molecule has 1 heterocycles. The molecule has 1 aromatic carbocycles. The van der Waals surface area contributed by atoms with Crippen molar-refractivity contribution in [3.8, 4) is 11.4 Å². The van der Waals surface area contributed by atoms with Crippen LogP contribution in [0, 0.1) is 0 Å². The van der Waals surface area contributed by atoms with E-state index >= 15 is 0 Å². The number of nitrogens with one attached hydrogen (secondary N) is 2. The molecule has 0 radical (unpaired) electrons. The van der Waals surface area contributed by atoms with E-state index in [1.54, 1.807) is 0 Å². The van der Waals surface area contributed by atoms with Gasteiger partial charge in [-0.05, 0) is 26.2 Å². The molecule has 0 unspecified atom stereocenters. The number of unbranched alkanes of at least 4 members (excludes halogenated alkanes) is 2. The van der Waals surface area contributed by atoms with Crippen molar-refractivity contribution in [1.29, 1.82) is 0 Å². The highest BCUT2D eigenvalue weighted by molar-refractivity contribution is 7.80. The lowest BCUT2D eigenvalue weighted by molar-refractivity contribution is 0.660.